The van der Waals surface area contributed by atoms with Crippen molar-refractivity contribution < 1.29 is 9.53 Å². The van der Waals surface area contributed by atoms with Crippen LogP contribution in [-0.4, -0.2) is 42.3 Å². The highest BCUT2D eigenvalue weighted by molar-refractivity contribution is 9.10. The van der Waals surface area contributed by atoms with Gasteiger partial charge in [0.1, 0.15) is 5.60 Å². The number of carbonyl (C=O) groups excluding carboxylic acids is 1. The normalized spacial score (nSPS) is 24.4. The van der Waals surface area contributed by atoms with Crippen molar-refractivity contribution in [2.75, 3.05) is 19.6 Å². The van der Waals surface area contributed by atoms with Crippen molar-refractivity contribution in [3.05, 3.63) is 46.4 Å². The Hall–Kier alpha value is -1.63. The number of rotatable bonds is 1. The molecule has 28 heavy (non-hydrogen) atoms. The molecule has 0 aliphatic carbocycles. The second-order valence-corrected chi connectivity index (χ2v) is 10.9. The fourth-order valence-corrected chi connectivity index (χ4v) is 6.00. The Labute approximate surface area is 177 Å². The van der Waals surface area contributed by atoms with Crippen LogP contribution in [0, 0.1) is 0 Å². The number of benzene rings is 2. The van der Waals surface area contributed by atoms with Gasteiger partial charge in [0.15, 0.2) is 0 Å². The Morgan fingerprint density at radius 3 is 2.68 bits per heavy atom. The van der Waals surface area contributed by atoms with Crippen LogP contribution in [0.4, 0.5) is 4.79 Å². The van der Waals surface area contributed by atoms with E-state index in [4.69, 9.17) is 4.74 Å². The lowest BCUT2D eigenvalue weighted by atomic mass is 9.69. The highest BCUT2D eigenvalue weighted by Crippen LogP contribution is 2.46. The van der Waals surface area contributed by atoms with Crippen LogP contribution < -0.4 is 5.32 Å². The number of hydrogen-bond donors (Lipinski definition) is 1. The van der Waals surface area contributed by atoms with E-state index >= 15 is 0 Å². The second kappa shape index (κ2) is 6.18. The van der Waals surface area contributed by atoms with Crippen LogP contribution in [-0.2, 0) is 10.2 Å². The van der Waals surface area contributed by atoms with Gasteiger partial charge in [-0.2, -0.15) is 0 Å². The zero-order chi connectivity index (χ0) is 19.7. The van der Waals surface area contributed by atoms with E-state index < -0.39 is 5.60 Å². The fraction of sp³-hybridized carbons (Fsp3) is 0.409. The molecule has 0 bridgehead atoms. The number of halogens is 1. The Bertz CT molecular complexity index is 1100. The summed E-state index contributed by atoms with van der Waals surface area (Å²) in [6.45, 7) is 8.16. The maximum absolute atomic E-state index is 12.6. The molecule has 5 rings (SSSR count). The average Bonchev–Trinajstić information content (AvgIpc) is 3.11. The highest BCUT2D eigenvalue weighted by atomic mass is 79.9. The summed E-state index contributed by atoms with van der Waals surface area (Å²) in [7, 11) is 0. The molecule has 2 fully saturated rings. The number of carbonyl (C=O) groups is 1. The molecule has 2 aromatic carbocycles. The minimum Gasteiger partial charge on any atom is -0.444 e. The second-order valence-electron chi connectivity index (χ2n) is 8.86. The first-order valence-electron chi connectivity index (χ1n) is 9.59. The largest absolute Gasteiger partial charge is 0.444 e. The SMILES string of the molecule is CC(C)(C)OC(=O)N1C[C@@]2(c3ccc4sc5ccc(Br)cc5c4c3)CNC[C@@H]12. The minimum absolute atomic E-state index is 0.0225. The van der Waals surface area contributed by atoms with Gasteiger partial charge in [0.2, 0.25) is 0 Å². The average molecular weight is 459 g/mol. The van der Waals surface area contributed by atoms with Gasteiger partial charge in [-0.05, 0) is 56.7 Å². The van der Waals surface area contributed by atoms with Crippen LogP contribution in [0.15, 0.2) is 40.9 Å². The van der Waals surface area contributed by atoms with Crippen molar-refractivity contribution in [3.63, 3.8) is 0 Å². The van der Waals surface area contributed by atoms with Crippen LogP contribution in [0.3, 0.4) is 0 Å². The zero-order valence-electron chi connectivity index (χ0n) is 16.2. The van der Waals surface area contributed by atoms with Crippen molar-refractivity contribution >= 4 is 53.5 Å². The smallest absolute Gasteiger partial charge is 0.410 e. The third-order valence-electron chi connectivity index (χ3n) is 5.88. The van der Waals surface area contributed by atoms with Crippen molar-refractivity contribution in [2.45, 2.75) is 37.8 Å². The number of nitrogens with one attached hydrogen (secondary N) is 1. The minimum atomic E-state index is -0.469. The van der Waals surface area contributed by atoms with Gasteiger partial charge < -0.3 is 15.0 Å². The van der Waals surface area contributed by atoms with Gasteiger partial charge in [-0.15, -0.1) is 11.3 Å². The quantitative estimate of drug-likeness (QED) is 0.539. The van der Waals surface area contributed by atoms with Crippen molar-refractivity contribution in [2.24, 2.45) is 0 Å². The summed E-state index contributed by atoms with van der Waals surface area (Å²) in [4.78, 5) is 14.5. The van der Waals surface area contributed by atoms with E-state index in [1.54, 1.807) is 0 Å². The van der Waals surface area contributed by atoms with Gasteiger partial charge in [-0.3, -0.25) is 0 Å². The van der Waals surface area contributed by atoms with E-state index in [-0.39, 0.29) is 17.6 Å². The Kier molecular flexibility index (Phi) is 4.06. The number of amides is 1. The molecule has 1 N–H and O–H groups in total. The molecular formula is C22H23BrN2O2S. The zero-order valence-corrected chi connectivity index (χ0v) is 18.6. The first kappa shape index (κ1) is 18.4. The first-order chi connectivity index (χ1) is 13.3. The summed E-state index contributed by atoms with van der Waals surface area (Å²) >= 11 is 5.43. The summed E-state index contributed by atoms with van der Waals surface area (Å²) < 4.78 is 9.32. The van der Waals surface area contributed by atoms with Crippen LogP contribution in [0.2, 0.25) is 0 Å². The molecule has 3 heterocycles. The third-order valence-corrected chi connectivity index (χ3v) is 7.52. The molecule has 2 aliphatic heterocycles. The monoisotopic (exact) mass is 458 g/mol. The number of likely N-dealkylation sites (tertiary alicyclic amines) is 1. The van der Waals surface area contributed by atoms with Gasteiger partial charge in [-0.25, -0.2) is 4.79 Å². The third kappa shape index (κ3) is 2.77. The van der Waals surface area contributed by atoms with Crippen molar-refractivity contribution in [1.82, 2.24) is 10.2 Å². The summed E-state index contributed by atoms with van der Waals surface area (Å²) in [6, 6.07) is 13.5. The predicted octanol–water partition coefficient (Wildman–Crippen LogP) is 5.28. The molecule has 1 amide bonds. The maximum atomic E-state index is 12.6. The molecule has 0 unspecified atom stereocenters. The molecule has 2 atom stereocenters. The van der Waals surface area contributed by atoms with Gasteiger partial charge in [0.25, 0.3) is 0 Å². The topological polar surface area (TPSA) is 41.6 Å². The molecule has 3 aromatic rings. The van der Waals surface area contributed by atoms with Gasteiger partial charge in [0, 0.05) is 49.7 Å². The lowest BCUT2D eigenvalue weighted by Crippen LogP contribution is -2.68. The Balaban J connectivity index is 1.52. The maximum Gasteiger partial charge on any atom is 0.410 e. The number of hydrogen-bond acceptors (Lipinski definition) is 4. The molecular weight excluding hydrogens is 436 g/mol. The van der Waals surface area contributed by atoms with E-state index in [0.717, 1.165) is 17.6 Å². The van der Waals surface area contributed by atoms with Gasteiger partial charge >= 0.3 is 6.09 Å². The number of ether oxygens (including phenoxy) is 1. The number of fused-ring (bicyclic) bond motifs is 4. The molecule has 4 nitrogen and oxygen atoms in total. The van der Waals surface area contributed by atoms with Gasteiger partial charge in [-0.1, -0.05) is 22.0 Å². The number of nitrogens with zero attached hydrogens (tertiary/aromatic N) is 1. The van der Waals surface area contributed by atoms with Crippen LogP contribution in [0.1, 0.15) is 26.3 Å². The Morgan fingerprint density at radius 1 is 1.21 bits per heavy atom. The summed E-state index contributed by atoms with van der Waals surface area (Å²) in [5.74, 6) is 0. The van der Waals surface area contributed by atoms with Crippen molar-refractivity contribution in [3.8, 4) is 0 Å². The standard InChI is InChI=1S/C22H23BrN2O2S/c1-21(2,3)27-20(26)25-12-22(11-24-10-19(22)25)13-4-6-17-15(8-13)16-9-14(23)5-7-18(16)28-17/h4-9,19,24H,10-12H2,1-3H3/t19-,22-/m1/s1. The van der Waals surface area contributed by atoms with E-state index in [9.17, 15) is 4.79 Å². The molecule has 0 spiro atoms. The number of thiophene rings is 1. The molecule has 0 saturated carbocycles. The summed E-state index contributed by atoms with van der Waals surface area (Å²) in [6.07, 6.45) is -0.206. The van der Waals surface area contributed by atoms with Crippen LogP contribution >= 0.6 is 27.3 Å². The highest BCUT2D eigenvalue weighted by Gasteiger charge is 2.59. The van der Waals surface area contributed by atoms with Crippen LogP contribution in [0.25, 0.3) is 20.2 Å². The molecule has 2 aliphatic rings. The molecule has 6 heteroatoms. The molecule has 1 aromatic heterocycles. The molecule has 146 valence electrons. The lowest BCUT2D eigenvalue weighted by Gasteiger charge is -2.53. The Morgan fingerprint density at radius 2 is 1.93 bits per heavy atom. The van der Waals surface area contributed by atoms with E-state index in [0.29, 0.717) is 6.54 Å². The van der Waals surface area contributed by atoms with E-state index in [2.05, 4.69) is 57.6 Å². The first-order valence-corrected chi connectivity index (χ1v) is 11.2. The van der Waals surface area contributed by atoms with Gasteiger partial charge in [0.05, 0.1) is 6.04 Å². The molecule has 0 radical (unpaired) electrons. The van der Waals surface area contributed by atoms with Crippen molar-refractivity contribution in [1.29, 1.82) is 0 Å². The van der Waals surface area contributed by atoms with Crippen LogP contribution in [0.5, 0.6) is 0 Å². The lowest BCUT2D eigenvalue weighted by molar-refractivity contribution is -0.0278. The summed E-state index contributed by atoms with van der Waals surface area (Å²) in [5.41, 5.74) is 0.823. The summed E-state index contributed by atoms with van der Waals surface area (Å²) in [5, 5.41) is 6.10. The van der Waals surface area contributed by atoms with E-state index in [1.807, 2.05) is 37.0 Å². The van der Waals surface area contributed by atoms with E-state index in [1.165, 1.54) is 25.7 Å². The predicted molar refractivity (Wildman–Crippen MR) is 118 cm³/mol. The molecule has 2 saturated heterocycles. The fourth-order valence-electron chi connectivity index (χ4n) is 4.57.